The van der Waals surface area contributed by atoms with E-state index in [1.165, 1.54) is 0 Å². The van der Waals surface area contributed by atoms with E-state index in [-0.39, 0.29) is 5.91 Å². The van der Waals surface area contributed by atoms with E-state index in [2.05, 4.69) is 12.2 Å². The summed E-state index contributed by atoms with van der Waals surface area (Å²) in [6.45, 7) is 4.09. The predicted octanol–water partition coefficient (Wildman–Crippen LogP) is 3.28. The molecule has 1 heterocycles. The minimum Gasteiger partial charge on any atom is -0.497 e. The van der Waals surface area contributed by atoms with Gasteiger partial charge in [-0.05, 0) is 42.2 Å². The first-order chi connectivity index (χ1) is 9.19. The van der Waals surface area contributed by atoms with Gasteiger partial charge in [0.1, 0.15) is 5.75 Å². The molecule has 1 aliphatic heterocycles. The van der Waals surface area contributed by atoms with Gasteiger partial charge in [-0.3, -0.25) is 4.79 Å². The fourth-order valence-corrected chi connectivity index (χ4v) is 2.34. The largest absolute Gasteiger partial charge is 0.497 e. The topological polar surface area (TPSA) is 38.3 Å². The Bertz CT molecular complexity index is 538. The highest BCUT2D eigenvalue weighted by atomic mass is 16.5. The van der Waals surface area contributed by atoms with Gasteiger partial charge >= 0.3 is 0 Å². The molecule has 3 nitrogen and oxygen atoms in total. The Morgan fingerprint density at radius 1 is 1.11 bits per heavy atom. The van der Waals surface area contributed by atoms with Crippen molar-refractivity contribution in [3.05, 3.63) is 46.7 Å². The van der Waals surface area contributed by atoms with Crippen LogP contribution in [0.2, 0.25) is 0 Å². The van der Waals surface area contributed by atoms with Crippen LogP contribution < -0.4 is 10.1 Å². The molecule has 1 aromatic carbocycles. The van der Waals surface area contributed by atoms with Crippen LogP contribution in [0.15, 0.2) is 41.1 Å². The summed E-state index contributed by atoms with van der Waals surface area (Å²) in [5.41, 5.74) is 4.01. The van der Waals surface area contributed by atoms with Crippen LogP contribution in [-0.4, -0.2) is 13.0 Å². The Balaban J connectivity index is 2.33. The fourth-order valence-electron chi connectivity index (χ4n) is 2.34. The summed E-state index contributed by atoms with van der Waals surface area (Å²) in [5.74, 6) is 0.872. The van der Waals surface area contributed by atoms with Crippen molar-refractivity contribution in [2.75, 3.05) is 7.11 Å². The minimum absolute atomic E-state index is 0.0408. The number of nitrogens with one attached hydrogen (secondary N) is 1. The molecule has 1 N–H and O–H groups in total. The van der Waals surface area contributed by atoms with E-state index in [1.54, 1.807) is 7.11 Å². The summed E-state index contributed by atoms with van der Waals surface area (Å²) in [7, 11) is 1.65. The zero-order valence-corrected chi connectivity index (χ0v) is 11.6. The van der Waals surface area contributed by atoms with Crippen molar-refractivity contribution >= 4 is 12.0 Å². The molecule has 0 saturated heterocycles. The van der Waals surface area contributed by atoms with Gasteiger partial charge in [-0.1, -0.05) is 26.0 Å². The van der Waals surface area contributed by atoms with Crippen molar-refractivity contribution in [1.82, 2.24) is 5.32 Å². The van der Waals surface area contributed by atoms with Crippen molar-refractivity contribution in [2.24, 2.45) is 0 Å². The van der Waals surface area contributed by atoms with Gasteiger partial charge in [0.25, 0.3) is 5.91 Å². The van der Waals surface area contributed by atoms with Gasteiger partial charge in [0, 0.05) is 11.3 Å². The molecule has 3 heteroatoms. The molecule has 0 spiro atoms. The van der Waals surface area contributed by atoms with Crippen molar-refractivity contribution < 1.29 is 9.53 Å². The molecule has 0 saturated carbocycles. The summed E-state index contributed by atoms with van der Waals surface area (Å²) >= 11 is 0. The molecule has 0 fully saturated rings. The van der Waals surface area contributed by atoms with E-state index < -0.39 is 0 Å². The quantitative estimate of drug-likeness (QED) is 0.899. The van der Waals surface area contributed by atoms with Crippen LogP contribution in [0.1, 0.15) is 32.3 Å². The first-order valence-corrected chi connectivity index (χ1v) is 6.59. The number of carbonyl (C=O) groups excluding carboxylic acids is 1. The average molecular weight is 257 g/mol. The molecular weight excluding hydrogens is 238 g/mol. The number of ether oxygens (including phenoxy) is 1. The number of amides is 1. The highest BCUT2D eigenvalue weighted by molar-refractivity contribution is 6.01. The maximum absolute atomic E-state index is 11.8. The number of carbonyl (C=O) groups is 1. The van der Waals surface area contributed by atoms with Crippen molar-refractivity contribution in [3.63, 3.8) is 0 Å². The number of benzene rings is 1. The fraction of sp³-hybridized carbons (Fsp3) is 0.312. The molecule has 0 bridgehead atoms. The minimum atomic E-state index is 0.0408. The number of hydrogen-bond donors (Lipinski definition) is 1. The SMILES string of the molecule is CCC1=C(CC)/C(=C/c2ccc(OC)cc2)NC1=O. The lowest BCUT2D eigenvalue weighted by Gasteiger charge is -2.04. The van der Waals surface area contributed by atoms with E-state index in [0.717, 1.165) is 41.0 Å². The van der Waals surface area contributed by atoms with Crippen LogP contribution in [0.5, 0.6) is 5.75 Å². The van der Waals surface area contributed by atoms with Gasteiger partial charge in [0.05, 0.1) is 7.11 Å². The van der Waals surface area contributed by atoms with Gasteiger partial charge in [0.2, 0.25) is 0 Å². The molecule has 0 unspecified atom stereocenters. The zero-order valence-electron chi connectivity index (χ0n) is 11.6. The van der Waals surface area contributed by atoms with Crippen LogP contribution in [0.3, 0.4) is 0 Å². The Hall–Kier alpha value is -2.03. The van der Waals surface area contributed by atoms with Crippen LogP contribution in [0.25, 0.3) is 6.08 Å². The Kier molecular flexibility index (Phi) is 4.05. The van der Waals surface area contributed by atoms with Crippen LogP contribution in [0, 0.1) is 0 Å². The maximum atomic E-state index is 11.8. The Labute approximate surface area is 114 Å². The van der Waals surface area contributed by atoms with Gasteiger partial charge < -0.3 is 10.1 Å². The molecule has 1 amide bonds. The molecule has 0 radical (unpaired) electrons. The lowest BCUT2D eigenvalue weighted by atomic mass is 10.0. The molecule has 19 heavy (non-hydrogen) atoms. The number of rotatable bonds is 4. The predicted molar refractivity (Wildman–Crippen MR) is 76.7 cm³/mol. The normalized spacial score (nSPS) is 17.0. The monoisotopic (exact) mass is 257 g/mol. The molecule has 100 valence electrons. The van der Waals surface area contributed by atoms with Crippen molar-refractivity contribution in [3.8, 4) is 5.75 Å². The average Bonchev–Trinajstić information content (AvgIpc) is 2.74. The highest BCUT2D eigenvalue weighted by Gasteiger charge is 2.23. The standard InChI is InChI=1S/C16H19NO2/c1-4-13-14(5-2)16(18)17-15(13)10-11-6-8-12(19-3)9-7-11/h6-10H,4-5H2,1-3H3,(H,17,18)/b15-10-. The van der Waals surface area contributed by atoms with Gasteiger partial charge in [0.15, 0.2) is 0 Å². The van der Waals surface area contributed by atoms with Crippen molar-refractivity contribution in [2.45, 2.75) is 26.7 Å². The van der Waals surface area contributed by atoms with E-state index in [1.807, 2.05) is 37.3 Å². The Morgan fingerprint density at radius 2 is 1.74 bits per heavy atom. The first-order valence-electron chi connectivity index (χ1n) is 6.59. The van der Waals surface area contributed by atoms with Crippen LogP contribution >= 0.6 is 0 Å². The molecule has 1 aliphatic rings. The second-order valence-electron chi connectivity index (χ2n) is 4.45. The van der Waals surface area contributed by atoms with E-state index in [0.29, 0.717) is 0 Å². The third-order valence-corrected chi connectivity index (χ3v) is 3.35. The second-order valence-corrected chi connectivity index (χ2v) is 4.45. The summed E-state index contributed by atoms with van der Waals surface area (Å²) in [4.78, 5) is 11.8. The molecule has 0 aromatic heterocycles. The molecule has 0 aliphatic carbocycles. The lowest BCUT2D eigenvalue weighted by molar-refractivity contribution is -0.116. The van der Waals surface area contributed by atoms with Crippen LogP contribution in [-0.2, 0) is 4.79 Å². The van der Waals surface area contributed by atoms with E-state index in [4.69, 9.17) is 4.74 Å². The Morgan fingerprint density at radius 3 is 2.26 bits per heavy atom. The number of hydrogen-bond acceptors (Lipinski definition) is 2. The number of methoxy groups -OCH3 is 1. The van der Waals surface area contributed by atoms with Gasteiger partial charge in [-0.25, -0.2) is 0 Å². The summed E-state index contributed by atoms with van der Waals surface area (Å²) in [5, 5.41) is 2.95. The molecular formula is C16H19NO2. The summed E-state index contributed by atoms with van der Waals surface area (Å²) in [6, 6.07) is 7.79. The van der Waals surface area contributed by atoms with Gasteiger partial charge in [-0.15, -0.1) is 0 Å². The number of allylic oxidation sites excluding steroid dienone is 1. The maximum Gasteiger partial charge on any atom is 0.251 e. The summed E-state index contributed by atoms with van der Waals surface area (Å²) in [6.07, 6.45) is 3.65. The summed E-state index contributed by atoms with van der Waals surface area (Å²) < 4.78 is 5.13. The molecule has 2 rings (SSSR count). The third-order valence-electron chi connectivity index (χ3n) is 3.35. The van der Waals surface area contributed by atoms with Crippen LogP contribution in [0.4, 0.5) is 0 Å². The molecule has 1 aromatic rings. The third kappa shape index (κ3) is 2.70. The van der Waals surface area contributed by atoms with Crippen molar-refractivity contribution in [1.29, 1.82) is 0 Å². The zero-order chi connectivity index (χ0) is 13.8. The lowest BCUT2D eigenvalue weighted by Crippen LogP contribution is -2.16. The highest BCUT2D eigenvalue weighted by Crippen LogP contribution is 2.27. The first kappa shape index (κ1) is 13.4. The second kappa shape index (κ2) is 5.74. The van der Waals surface area contributed by atoms with Gasteiger partial charge in [-0.2, -0.15) is 0 Å². The van der Waals surface area contributed by atoms with E-state index in [9.17, 15) is 4.79 Å². The van der Waals surface area contributed by atoms with E-state index >= 15 is 0 Å². The molecule has 0 atom stereocenters. The smallest absolute Gasteiger partial charge is 0.251 e.